The van der Waals surface area contributed by atoms with Crippen LogP contribution in [0.5, 0.6) is 0 Å². The van der Waals surface area contributed by atoms with Crippen molar-refractivity contribution in [2.75, 3.05) is 13.1 Å². The summed E-state index contributed by atoms with van der Waals surface area (Å²) in [4.78, 5) is 15.8. The molecule has 3 aromatic carbocycles. The van der Waals surface area contributed by atoms with Crippen molar-refractivity contribution < 1.29 is 22.4 Å². The van der Waals surface area contributed by atoms with E-state index >= 15 is 0 Å². The van der Waals surface area contributed by atoms with Gasteiger partial charge in [-0.2, -0.15) is 0 Å². The maximum absolute atomic E-state index is 13.6. The highest BCUT2D eigenvalue weighted by Gasteiger charge is 2.27. The Balaban J connectivity index is 1.30. The number of hydrogen-bond acceptors (Lipinski definition) is 4. The van der Waals surface area contributed by atoms with Gasteiger partial charge in [0.15, 0.2) is 5.78 Å². The Hall–Kier alpha value is -4.81. The fourth-order valence-electron chi connectivity index (χ4n) is 4.81. The van der Waals surface area contributed by atoms with E-state index in [9.17, 15) is 13.6 Å². The predicted octanol–water partition coefficient (Wildman–Crippen LogP) is 8.04. The van der Waals surface area contributed by atoms with Crippen LogP contribution in [-0.4, -0.2) is 23.8 Å². The Kier molecular flexibility index (Phi) is 7.08. The van der Waals surface area contributed by atoms with E-state index in [1.54, 1.807) is 48.6 Å². The molecule has 2 aromatic heterocycles. The van der Waals surface area contributed by atoms with Gasteiger partial charge in [-0.15, -0.1) is 0 Å². The zero-order chi connectivity index (χ0) is 27.5. The van der Waals surface area contributed by atoms with Gasteiger partial charge in [0.1, 0.15) is 34.7 Å². The minimum absolute atomic E-state index is 0.0798. The van der Waals surface area contributed by atoms with Crippen LogP contribution in [0, 0.1) is 11.6 Å². The molecule has 0 saturated carbocycles. The number of piperidine rings is 1. The molecule has 1 saturated heterocycles. The van der Waals surface area contributed by atoms with Crippen molar-refractivity contribution in [2.45, 2.75) is 6.54 Å². The molecule has 1 aliphatic heterocycles. The quantitative estimate of drug-likeness (QED) is 0.207. The molecular weight excluding hydrogens is 508 g/mol. The third-order valence-electron chi connectivity index (χ3n) is 6.76. The second-order valence-corrected chi connectivity index (χ2v) is 9.72. The van der Waals surface area contributed by atoms with Gasteiger partial charge in [-0.05, 0) is 90.5 Å². The van der Waals surface area contributed by atoms with Crippen molar-refractivity contribution in [1.82, 2.24) is 4.90 Å². The van der Waals surface area contributed by atoms with Gasteiger partial charge in [0.2, 0.25) is 0 Å². The molecule has 40 heavy (non-hydrogen) atoms. The molecule has 0 N–H and O–H groups in total. The number of likely N-dealkylation sites (tertiary alicyclic amines) is 1. The lowest BCUT2D eigenvalue weighted by Crippen LogP contribution is -2.37. The summed E-state index contributed by atoms with van der Waals surface area (Å²) in [6, 6.07) is 29.5. The molecule has 0 aliphatic carbocycles. The minimum atomic E-state index is -0.315. The van der Waals surface area contributed by atoms with E-state index in [-0.39, 0.29) is 17.4 Å². The largest absolute Gasteiger partial charge is 0.457 e. The van der Waals surface area contributed by atoms with E-state index in [0.717, 1.165) is 16.7 Å². The SMILES string of the molecule is O=C1/C(=C/c2ccc(-c3ccc(F)cc3)o2)CN(Cc2ccccc2)C/C1=C\c1ccc(-c2ccc(F)cc2)o1. The van der Waals surface area contributed by atoms with Crippen LogP contribution in [0.15, 0.2) is 123 Å². The summed E-state index contributed by atoms with van der Waals surface area (Å²) in [5.74, 6) is 1.56. The zero-order valence-corrected chi connectivity index (χ0v) is 21.5. The van der Waals surface area contributed by atoms with E-state index in [1.807, 2.05) is 30.3 Å². The average molecular weight is 534 g/mol. The molecule has 198 valence electrons. The van der Waals surface area contributed by atoms with Gasteiger partial charge in [-0.1, -0.05) is 30.3 Å². The summed E-state index contributed by atoms with van der Waals surface area (Å²) in [5.41, 5.74) is 3.84. The standard InChI is InChI=1S/C34H25F2NO3/c35-28-10-6-24(7-11-28)32-16-14-30(39-32)18-26-21-37(20-23-4-2-1-3-5-23)22-27(34(26)38)19-31-15-17-33(40-31)25-8-12-29(36)13-9-25/h1-19H,20-22H2/b26-18+,27-19+. The first-order valence-corrected chi connectivity index (χ1v) is 12.9. The first-order chi connectivity index (χ1) is 19.5. The Bertz CT molecular complexity index is 1590. The number of benzene rings is 3. The summed E-state index contributed by atoms with van der Waals surface area (Å²) in [6.07, 6.45) is 3.54. The van der Waals surface area contributed by atoms with Crippen molar-refractivity contribution in [1.29, 1.82) is 0 Å². The molecule has 0 unspecified atom stereocenters. The third kappa shape index (κ3) is 5.77. The maximum atomic E-state index is 13.6. The Morgan fingerprint density at radius 1 is 0.625 bits per heavy atom. The number of Topliss-reactive ketones (excluding diaryl/α,β-unsaturated/α-hetero) is 1. The molecule has 3 heterocycles. The van der Waals surface area contributed by atoms with Gasteiger partial charge in [-0.25, -0.2) is 8.78 Å². The van der Waals surface area contributed by atoms with E-state index in [1.165, 1.54) is 24.3 Å². The van der Waals surface area contributed by atoms with Gasteiger partial charge in [0.25, 0.3) is 0 Å². The van der Waals surface area contributed by atoms with Gasteiger partial charge in [0, 0.05) is 41.9 Å². The number of furan rings is 2. The highest BCUT2D eigenvalue weighted by Crippen LogP contribution is 2.29. The smallest absolute Gasteiger partial charge is 0.187 e. The lowest BCUT2D eigenvalue weighted by Gasteiger charge is -2.29. The highest BCUT2D eigenvalue weighted by molar-refractivity contribution is 6.14. The Morgan fingerprint density at radius 3 is 1.57 bits per heavy atom. The van der Waals surface area contributed by atoms with Crippen molar-refractivity contribution in [3.05, 3.63) is 143 Å². The molecule has 0 atom stereocenters. The number of carbonyl (C=O) groups excluding carboxylic acids is 1. The first kappa shape index (κ1) is 25.5. The third-order valence-corrected chi connectivity index (χ3v) is 6.76. The number of ketones is 1. The lowest BCUT2D eigenvalue weighted by molar-refractivity contribution is -0.113. The fourth-order valence-corrected chi connectivity index (χ4v) is 4.81. The van der Waals surface area contributed by atoms with Crippen molar-refractivity contribution in [2.24, 2.45) is 0 Å². The molecule has 0 bridgehead atoms. The Labute approximate surface area is 230 Å². The molecular formula is C34H25F2NO3. The van der Waals surface area contributed by atoms with Gasteiger partial charge >= 0.3 is 0 Å². The Morgan fingerprint density at radius 2 is 1.10 bits per heavy atom. The summed E-state index contributed by atoms with van der Waals surface area (Å²) >= 11 is 0. The van der Waals surface area contributed by atoms with Crippen molar-refractivity contribution >= 4 is 17.9 Å². The number of halogens is 2. The van der Waals surface area contributed by atoms with E-state index < -0.39 is 0 Å². The first-order valence-electron chi connectivity index (χ1n) is 12.9. The van der Waals surface area contributed by atoms with Crippen LogP contribution >= 0.6 is 0 Å². The summed E-state index contributed by atoms with van der Waals surface area (Å²) in [5, 5.41) is 0. The van der Waals surface area contributed by atoms with E-state index in [4.69, 9.17) is 8.83 Å². The fraction of sp³-hybridized carbons (Fsp3) is 0.0882. The normalized spacial score (nSPS) is 16.2. The highest BCUT2D eigenvalue weighted by atomic mass is 19.1. The zero-order valence-electron chi connectivity index (χ0n) is 21.5. The van der Waals surface area contributed by atoms with Crippen LogP contribution in [0.2, 0.25) is 0 Å². The molecule has 1 fully saturated rings. The van der Waals surface area contributed by atoms with Crippen LogP contribution in [0.1, 0.15) is 17.1 Å². The summed E-state index contributed by atoms with van der Waals surface area (Å²) in [7, 11) is 0. The predicted molar refractivity (Wildman–Crippen MR) is 151 cm³/mol. The van der Waals surface area contributed by atoms with Gasteiger partial charge in [-0.3, -0.25) is 9.69 Å². The van der Waals surface area contributed by atoms with Crippen LogP contribution in [0.4, 0.5) is 8.78 Å². The molecule has 6 rings (SSSR count). The lowest BCUT2D eigenvalue weighted by atomic mass is 9.95. The number of rotatable bonds is 6. The van der Waals surface area contributed by atoms with Gasteiger partial charge < -0.3 is 8.83 Å². The van der Waals surface area contributed by atoms with E-state index in [2.05, 4.69) is 17.0 Å². The molecule has 4 nitrogen and oxygen atoms in total. The number of hydrogen-bond donors (Lipinski definition) is 0. The topological polar surface area (TPSA) is 46.6 Å². The molecule has 0 radical (unpaired) electrons. The maximum Gasteiger partial charge on any atom is 0.187 e. The van der Waals surface area contributed by atoms with Crippen LogP contribution in [0.25, 0.3) is 34.8 Å². The number of carbonyl (C=O) groups is 1. The molecule has 1 aliphatic rings. The van der Waals surface area contributed by atoms with E-state index in [0.29, 0.717) is 53.8 Å². The molecule has 0 spiro atoms. The van der Waals surface area contributed by atoms with Crippen molar-refractivity contribution in [3.63, 3.8) is 0 Å². The van der Waals surface area contributed by atoms with Crippen LogP contribution < -0.4 is 0 Å². The molecule has 5 aromatic rings. The summed E-state index contributed by atoms with van der Waals surface area (Å²) in [6.45, 7) is 1.58. The second-order valence-electron chi connectivity index (χ2n) is 9.72. The molecule has 6 heteroatoms. The summed E-state index contributed by atoms with van der Waals surface area (Å²) < 4.78 is 38.7. The second kappa shape index (κ2) is 11.1. The number of nitrogens with zero attached hydrogens (tertiary/aromatic N) is 1. The molecule has 0 amide bonds. The minimum Gasteiger partial charge on any atom is -0.457 e. The van der Waals surface area contributed by atoms with Crippen molar-refractivity contribution in [3.8, 4) is 22.6 Å². The van der Waals surface area contributed by atoms with Gasteiger partial charge in [0.05, 0.1) is 0 Å². The average Bonchev–Trinajstić information content (AvgIpc) is 3.63. The van der Waals surface area contributed by atoms with Crippen LogP contribution in [0.3, 0.4) is 0 Å². The van der Waals surface area contributed by atoms with Crippen LogP contribution in [-0.2, 0) is 11.3 Å². The monoisotopic (exact) mass is 533 g/mol.